The van der Waals surface area contributed by atoms with Crippen LogP contribution in [0.2, 0.25) is 10.0 Å². The van der Waals surface area contributed by atoms with Crippen LogP contribution in [0.3, 0.4) is 0 Å². The van der Waals surface area contributed by atoms with Crippen LogP contribution in [0.15, 0.2) is 73.4 Å². The summed E-state index contributed by atoms with van der Waals surface area (Å²) in [6, 6.07) is 15.6. The lowest BCUT2D eigenvalue weighted by Crippen LogP contribution is -2.26. The van der Waals surface area contributed by atoms with E-state index in [2.05, 4.69) is 21.0 Å². The zero-order chi connectivity index (χ0) is 30.0. The topological polar surface area (TPSA) is 105 Å². The highest BCUT2D eigenvalue weighted by Crippen LogP contribution is 2.43. The van der Waals surface area contributed by atoms with E-state index in [0.29, 0.717) is 43.9 Å². The van der Waals surface area contributed by atoms with Gasteiger partial charge in [-0.15, -0.1) is 0 Å². The monoisotopic (exact) mass is 671 g/mol. The van der Waals surface area contributed by atoms with Crippen LogP contribution >= 0.6 is 39.1 Å². The average molecular weight is 673 g/mol. The second-order valence-electron chi connectivity index (χ2n) is 8.97. The highest BCUT2D eigenvalue weighted by Gasteiger charge is 2.24. The molecule has 0 spiro atoms. The van der Waals surface area contributed by atoms with Gasteiger partial charge in [-0.1, -0.05) is 35.3 Å². The number of fused-ring (bicyclic) bond motifs is 2. The molecule has 3 aromatic carbocycles. The Balaban J connectivity index is 1.63. The van der Waals surface area contributed by atoms with Gasteiger partial charge in [0.2, 0.25) is 5.82 Å². The summed E-state index contributed by atoms with van der Waals surface area (Å²) in [6.45, 7) is 5.58. The van der Waals surface area contributed by atoms with Crippen molar-refractivity contribution in [1.82, 2.24) is 9.66 Å². The highest BCUT2D eigenvalue weighted by atomic mass is 79.9. The van der Waals surface area contributed by atoms with Gasteiger partial charge in [-0.05, 0) is 79.2 Å². The predicted octanol–water partition coefficient (Wildman–Crippen LogP) is 7.49. The molecule has 0 bridgehead atoms. The van der Waals surface area contributed by atoms with E-state index in [9.17, 15) is 9.59 Å². The van der Waals surface area contributed by atoms with Gasteiger partial charge in [0.15, 0.2) is 23.4 Å². The number of nitrogens with zero attached hydrogens (tertiary/aromatic N) is 3. The van der Waals surface area contributed by atoms with Gasteiger partial charge in [0.1, 0.15) is 10.6 Å². The van der Waals surface area contributed by atoms with Gasteiger partial charge in [0.25, 0.3) is 5.56 Å². The van der Waals surface area contributed by atoms with Gasteiger partial charge in [0.05, 0.1) is 30.3 Å². The molecule has 2 aromatic heterocycles. The van der Waals surface area contributed by atoms with Gasteiger partial charge in [-0.25, -0.2) is 9.78 Å². The Morgan fingerprint density at radius 2 is 1.93 bits per heavy atom. The van der Waals surface area contributed by atoms with Gasteiger partial charge in [-0.3, -0.25) is 4.79 Å². The van der Waals surface area contributed by atoms with Gasteiger partial charge < -0.3 is 18.6 Å². The summed E-state index contributed by atoms with van der Waals surface area (Å²) in [4.78, 5) is 30.5. The van der Waals surface area contributed by atoms with Gasteiger partial charge in [0, 0.05) is 20.4 Å². The molecule has 1 atom stereocenters. The molecule has 0 amide bonds. The molecular weight excluding hydrogens is 649 g/mol. The molecule has 0 fully saturated rings. The predicted molar refractivity (Wildman–Crippen MR) is 166 cm³/mol. The number of para-hydroxylation sites is 1. The molecule has 42 heavy (non-hydrogen) atoms. The molecule has 0 saturated carbocycles. The maximum Gasteiger partial charge on any atom is 0.347 e. The first kappa shape index (κ1) is 29.6. The van der Waals surface area contributed by atoms with Crippen LogP contribution in [-0.2, 0) is 9.53 Å². The van der Waals surface area contributed by atoms with E-state index in [1.807, 2.05) is 0 Å². The number of furan rings is 1. The van der Waals surface area contributed by atoms with Crippen molar-refractivity contribution < 1.29 is 23.4 Å². The average Bonchev–Trinajstić information content (AvgIpc) is 3.40. The fourth-order valence-electron chi connectivity index (χ4n) is 4.19. The number of carbonyl (C=O) groups excluding carboxylic acids is 1. The van der Waals surface area contributed by atoms with Crippen molar-refractivity contribution in [3.8, 4) is 23.1 Å². The number of carbonyl (C=O) groups is 1. The summed E-state index contributed by atoms with van der Waals surface area (Å²) in [5.41, 5.74) is 1.14. The molecule has 0 saturated heterocycles. The maximum absolute atomic E-state index is 13.6. The summed E-state index contributed by atoms with van der Waals surface area (Å²) in [7, 11) is 0. The second kappa shape index (κ2) is 12.6. The lowest BCUT2D eigenvalue weighted by Gasteiger charge is -2.19. The van der Waals surface area contributed by atoms with Crippen molar-refractivity contribution in [1.29, 1.82) is 0 Å². The number of halogens is 3. The van der Waals surface area contributed by atoms with E-state index in [-0.39, 0.29) is 29.0 Å². The van der Waals surface area contributed by atoms with E-state index in [4.69, 9.17) is 46.8 Å². The molecule has 0 unspecified atom stereocenters. The normalized spacial score (nSPS) is 12.2. The number of benzene rings is 3. The summed E-state index contributed by atoms with van der Waals surface area (Å²) in [6.07, 6.45) is 0.509. The molecule has 12 heteroatoms. The zero-order valence-electron chi connectivity index (χ0n) is 22.7. The smallest absolute Gasteiger partial charge is 0.347 e. The fourth-order valence-corrected chi connectivity index (χ4v) is 5.01. The molecule has 0 aliphatic rings. The van der Waals surface area contributed by atoms with Crippen molar-refractivity contribution in [2.45, 2.75) is 26.9 Å². The van der Waals surface area contributed by atoms with Crippen molar-refractivity contribution in [3.05, 3.63) is 85.0 Å². The van der Waals surface area contributed by atoms with E-state index in [0.717, 1.165) is 10.1 Å². The Hall–Kier alpha value is -3.86. The van der Waals surface area contributed by atoms with Crippen LogP contribution in [-0.4, -0.2) is 41.2 Å². The van der Waals surface area contributed by atoms with Crippen LogP contribution in [0.1, 0.15) is 26.3 Å². The first-order valence-electron chi connectivity index (χ1n) is 13.0. The molecule has 216 valence electrons. The Morgan fingerprint density at radius 3 is 2.69 bits per heavy atom. The molecule has 5 rings (SSSR count). The molecule has 0 radical (unpaired) electrons. The number of rotatable bonds is 9. The minimum absolute atomic E-state index is 0.150. The number of aromatic nitrogens is 2. The standard InChI is InChI=1S/C30H24BrCl2N3O6/c1-4-39-23-14-18(25(31)26(33)27(23)41-16(3)30(38)40-5-2)15-34-36-28(35-21-9-7-6-8-20(21)29(36)37)24-13-17-12-19(32)10-11-22(17)42-24/h6-16H,4-5H2,1-3H3/t16-/m0/s1. The zero-order valence-corrected chi connectivity index (χ0v) is 25.8. The first-order valence-corrected chi connectivity index (χ1v) is 14.5. The Kier molecular flexibility index (Phi) is 8.86. The van der Waals surface area contributed by atoms with Crippen LogP contribution in [0.5, 0.6) is 11.5 Å². The van der Waals surface area contributed by atoms with E-state index < -0.39 is 17.6 Å². The second-order valence-corrected chi connectivity index (χ2v) is 10.6. The van der Waals surface area contributed by atoms with Crippen molar-refractivity contribution in [2.24, 2.45) is 5.10 Å². The minimum atomic E-state index is -0.934. The third-order valence-corrected chi connectivity index (χ3v) is 7.81. The number of hydrogen-bond donors (Lipinski definition) is 0. The molecular formula is C30H24BrCl2N3O6. The van der Waals surface area contributed by atoms with Crippen molar-refractivity contribution in [2.75, 3.05) is 13.2 Å². The Labute approximate surface area is 258 Å². The minimum Gasteiger partial charge on any atom is -0.490 e. The van der Waals surface area contributed by atoms with Crippen molar-refractivity contribution >= 4 is 73.2 Å². The van der Waals surface area contributed by atoms with E-state index in [1.165, 1.54) is 6.21 Å². The van der Waals surface area contributed by atoms with E-state index in [1.54, 1.807) is 75.4 Å². The number of ether oxygens (including phenoxy) is 3. The third-order valence-electron chi connectivity index (χ3n) is 6.13. The molecule has 0 N–H and O–H groups in total. The number of hydrogen-bond acceptors (Lipinski definition) is 8. The molecule has 0 aliphatic heterocycles. The highest BCUT2D eigenvalue weighted by molar-refractivity contribution is 9.10. The Bertz CT molecular complexity index is 1900. The van der Waals surface area contributed by atoms with Crippen LogP contribution in [0, 0.1) is 0 Å². The first-order chi connectivity index (χ1) is 20.2. The van der Waals surface area contributed by atoms with Crippen LogP contribution < -0.4 is 15.0 Å². The van der Waals surface area contributed by atoms with Gasteiger partial charge in [-0.2, -0.15) is 9.78 Å². The molecule has 9 nitrogen and oxygen atoms in total. The SMILES string of the molecule is CCOC(=O)[C@H](C)Oc1c(OCC)cc(C=Nn2c(-c3cc4cc(Cl)ccc4o3)nc3ccccc3c2=O)c(Br)c1Cl. The lowest BCUT2D eigenvalue weighted by molar-refractivity contribution is -0.150. The molecule has 0 aliphatic carbocycles. The summed E-state index contributed by atoms with van der Waals surface area (Å²) < 4.78 is 24.2. The quantitative estimate of drug-likeness (QED) is 0.118. The van der Waals surface area contributed by atoms with Crippen LogP contribution in [0.25, 0.3) is 33.5 Å². The fraction of sp³-hybridized carbons (Fsp3) is 0.200. The summed E-state index contributed by atoms with van der Waals surface area (Å²) in [5.74, 6) is 0.422. The maximum atomic E-state index is 13.6. The van der Waals surface area contributed by atoms with Crippen molar-refractivity contribution in [3.63, 3.8) is 0 Å². The number of esters is 1. The lowest BCUT2D eigenvalue weighted by atomic mass is 10.2. The molecule has 2 heterocycles. The summed E-state index contributed by atoms with van der Waals surface area (Å²) in [5, 5.41) is 6.33. The van der Waals surface area contributed by atoms with Gasteiger partial charge >= 0.3 is 5.97 Å². The Morgan fingerprint density at radius 1 is 1.14 bits per heavy atom. The molecule has 5 aromatic rings. The summed E-state index contributed by atoms with van der Waals surface area (Å²) >= 11 is 16.3. The largest absolute Gasteiger partial charge is 0.490 e. The van der Waals surface area contributed by atoms with E-state index >= 15 is 0 Å². The third kappa shape index (κ3) is 5.88. The van der Waals surface area contributed by atoms with Crippen LogP contribution in [0.4, 0.5) is 0 Å².